The van der Waals surface area contributed by atoms with Gasteiger partial charge in [-0.1, -0.05) is 24.3 Å². The third kappa shape index (κ3) is 5.10. The highest BCUT2D eigenvalue weighted by Crippen LogP contribution is 2.07. The van der Waals surface area contributed by atoms with Crippen molar-refractivity contribution in [2.45, 2.75) is 32.2 Å². The molecular weight excluding hydrogens is 328 g/mol. The summed E-state index contributed by atoms with van der Waals surface area (Å²) >= 11 is 0. The van der Waals surface area contributed by atoms with E-state index in [2.05, 4.69) is 20.0 Å². The molecular formula is C16H20N4O3S. The van der Waals surface area contributed by atoms with Crippen LogP contribution in [0.3, 0.4) is 0 Å². The molecule has 128 valence electrons. The van der Waals surface area contributed by atoms with Crippen LogP contribution in [0.15, 0.2) is 43.0 Å². The molecule has 0 saturated heterocycles. The predicted molar refractivity (Wildman–Crippen MR) is 90.5 cm³/mol. The zero-order valence-corrected chi connectivity index (χ0v) is 14.4. The maximum Gasteiger partial charge on any atom is 0.254 e. The van der Waals surface area contributed by atoms with Crippen molar-refractivity contribution in [3.63, 3.8) is 0 Å². The van der Waals surface area contributed by atoms with Crippen LogP contribution in [0.4, 0.5) is 0 Å². The number of sulfonamides is 1. The van der Waals surface area contributed by atoms with Gasteiger partial charge in [-0.15, -0.1) is 0 Å². The predicted octanol–water partition coefficient (Wildman–Crippen LogP) is 1.23. The molecule has 8 heteroatoms. The molecule has 2 N–H and O–H groups in total. The highest BCUT2D eigenvalue weighted by Gasteiger charge is 2.14. The standard InChI is InChI=1S/C16H20N4O3S/c1-12(2)24(22,23)20-8-14-5-3-4-13(6-14)7-19-16(21)15-9-17-11-18-10-15/h3-6,9-12,20H,7-8H2,1-2H3,(H,19,21). The SMILES string of the molecule is CC(C)S(=O)(=O)NCc1cccc(CNC(=O)c2cncnc2)c1. The molecule has 0 radical (unpaired) electrons. The highest BCUT2D eigenvalue weighted by atomic mass is 32.2. The molecule has 2 aromatic rings. The largest absolute Gasteiger partial charge is 0.348 e. The lowest BCUT2D eigenvalue weighted by molar-refractivity contribution is 0.0950. The first kappa shape index (κ1) is 18.0. The molecule has 0 unspecified atom stereocenters. The molecule has 0 atom stereocenters. The van der Waals surface area contributed by atoms with Crippen molar-refractivity contribution in [1.82, 2.24) is 20.0 Å². The van der Waals surface area contributed by atoms with Gasteiger partial charge < -0.3 is 5.32 Å². The Labute approximate surface area is 141 Å². The van der Waals surface area contributed by atoms with Gasteiger partial charge in [0.2, 0.25) is 10.0 Å². The van der Waals surface area contributed by atoms with Gasteiger partial charge in [0.15, 0.2) is 0 Å². The molecule has 2 rings (SSSR count). The summed E-state index contributed by atoms with van der Waals surface area (Å²) in [6.07, 6.45) is 4.25. The average Bonchev–Trinajstić information content (AvgIpc) is 2.59. The van der Waals surface area contributed by atoms with Crippen LogP contribution >= 0.6 is 0 Å². The number of carbonyl (C=O) groups excluding carboxylic acids is 1. The second-order valence-electron chi connectivity index (χ2n) is 5.54. The number of benzene rings is 1. The van der Waals surface area contributed by atoms with E-state index >= 15 is 0 Å². The monoisotopic (exact) mass is 348 g/mol. The fourth-order valence-electron chi connectivity index (χ4n) is 1.90. The van der Waals surface area contributed by atoms with Gasteiger partial charge >= 0.3 is 0 Å². The van der Waals surface area contributed by atoms with Crippen molar-refractivity contribution >= 4 is 15.9 Å². The fourth-order valence-corrected chi connectivity index (χ4v) is 2.60. The number of carbonyl (C=O) groups is 1. The molecule has 1 aromatic carbocycles. The number of rotatable bonds is 7. The molecule has 0 aliphatic carbocycles. The Hall–Kier alpha value is -2.32. The Bertz CT molecular complexity index is 792. The molecule has 0 saturated carbocycles. The number of nitrogens with one attached hydrogen (secondary N) is 2. The minimum atomic E-state index is -3.30. The first-order valence-corrected chi connectivity index (χ1v) is 9.02. The van der Waals surface area contributed by atoms with Crippen molar-refractivity contribution < 1.29 is 13.2 Å². The van der Waals surface area contributed by atoms with Crippen molar-refractivity contribution in [2.75, 3.05) is 0 Å². The summed E-state index contributed by atoms with van der Waals surface area (Å²) < 4.78 is 26.1. The minimum Gasteiger partial charge on any atom is -0.348 e. The van der Waals surface area contributed by atoms with Gasteiger partial charge in [-0.05, 0) is 25.0 Å². The van der Waals surface area contributed by atoms with Crippen LogP contribution < -0.4 is 10.0 Å². The molecule has 0 bridgehead atoms. The first-order chi connectivity index (χ1) is 11.4. The van der Waals surface area contributed by atoms with E-state index in [1.807, 2.05) is 24.3 Å². The van der Waals surface area contributed by atoms with Crippen molar-refractivity contribution in [2.24, 2.45) is 0 Å². The van der Waals surface area contributed by atoms with Gasteiger partial charge in [0.25, 0.3) is 5.91 Å². The quantitative estimate of drug-likeness (QED) is 0.784. The average molecular weight is 348 g/mol. The summed E-state index contributed by atoms with van der Waals surface area (Å²) in [6.45, 7) is 3.80. The molecule has 7 nitrogen and oxygen atoms in total. The number of amides is 1. The summed E-state index contributed by atoms with van der Waals surface area (Å²) in [5.74, 6) is -0.262. The Kier molecular flexibility index (Phi) is 5.99. The summed E-state index contributed by atoms with van der Waals surface area (Å²) in [4.78, 5) is 19.6. The number of aromatic nitrogens is 2. The zero-order chi connectivity index (χ0) is 17.6. The van der Waals surface area contributed by atoms with Gasteiger partial charge in [0.05, 0.1) is 10.8 Å². The maximum atomic E-state index is 12.0. The molecule has 0 aliphatic heterocycles. The lowest BCUT2D eigenvalue weighted by atomic mass is 10.1. The van der Waals surface area contributed by atoms with Crippen LogP contribution in [0.2, 0.25) is 0 Å². The Morgan fingerprint density at radius 1 is 1.12 bits per heavy atom. The Morgan fingerprint density at radius 3 is 2.38 bits per heavy atom. The fraction of sp³-hybridized carbons (Fsp3) is 0.312. The minimum absolute atomic E-state index is 0.217. The summed E-state index contributed by atoms with van der Waals surface area (Å²) in [6, 6.07) is 7.37. The van der Waals surface area contributed by atoms with Gasteiger partial charge in [-0.25, -0.2) is 23.1 Å². The van der Waals surface area contributed by atoms with Gasteiger partial charge in [-0.2, -0.15) is 0 Å². The smallest absolute Gasteiger partial charge is 0.254 e. The van der Waals surface area contributed by atoms with Crippen molar-refractivity contribution in [1.29, 1.82) is 0 Å². The van der Waals surface area contributed by atoms with Crippen LogP contribution in [-0.4, -0.2) is 29.5 Å². The van der Waals surface area contributed by atoms with E-state index in [1.165, 1.54) is 18.7 Å². The van der Waals surface area contributed by atoms with Crippen LogP contribution in [0, 0.1) is 0 Å². The first-order valence-electron chi connectivity index (χ1n) is 7.48. The van der Waals surface area contributed by atoms with E-state index in [0.29, 0.717) is 12.1 Å². The van der Waals surface area contributed by atoms with E-state index in [1.54, 1.807) is 13.8 Å². The second-order valence-corrected chi connectivity index (χ2v) is 7.87. The maximum absolute atomic E-state index is 12.0. The third-order valence-corrected chi connectivity index (χ3v) is 5.15. The summed E-state index contributed by atoms with van der Waals surface area (Å²) in [5.41, 5.74) is 2.09. The van der Waals surface area contributed by atoms with E-state index in [-0.39, 0.29) is 12.5 Å². The Balaban J connectivity index is 1.94. The van der Waals surface area contributed by atoms with Gasteiger partial charge in [0.1, 0.15) is 6.33 Å². The second kappa shape index (κ2) is 7.98. The van der Waals surface area contributed by atoms with Crippen LogP contribution in [0.1, 0.15) is 35.3 Å². The molecule has 1 aromatic heterocycles. The third-order valence-electron chi connectivity index (χ3n) is 3.37. The van der Waals surface area contributed by atoms with Gasteiger partial charge in [0, 0.05) is 25.5 Å². The molecule has 1 amide bonds. The lowest BCUT2D eigenvalue weighted by Crippen LogP contribution is -2.30. The van der Waals surface area contributed by atoms with E-state index < -0.39 is 15.3 Å². The van der Waals surface area contributed by atoms with E-state index in [0.717, 1.165) is 11.1 Å². The normalized spacial score (nSPS) is 11.5. The zero-order valence-electron chi connectivity index (χ0n) is 13.6. The summed E-state index contributed by atoms with van der Waals surface area (Å²) in [7, 11) is -3.30. The van der Waals surface area contributed by atoms with Crippen LogP contribution in [0.5, 0.6) is 0 Å². The molecule has 1 heterocycles. The Morgan fingerprint density at radius 2 is 1.75 bits per heavy atom. The van der Waals surface area contributed by atoms with E-state index in [4.69, 9.17) is 0 Å². The van der Waals surface area contributed by atoms with Crippen LogP contribution in [0.25, 0.3) is 0 Å². The molecule has 0 aliphatic rings. The highest BCUT2D eigenvalue weighted by molar-refractivity contribution is 7.90. The number of hydrogen-bond donors (Lipinski definition) is 2. The molecule has 0 fully saturated rings. The number of hydrogen-bond acceptors (Lipinski definition) is 5. The lowest BCUT2D eigenvalue weighted by Gasteiger charge is -2.11. The van der Waals surface area contributed by atoms with Crippen molar-refractivity contribution in [3.8, 4) is 0 Å². The number of nitrogens with zero attached hydrogens (tertiary/aromatic N) is 2. The molecule has 0 spiro atoms. The van der Waals surface area contributed by atoms with Gasteiger partial charge in [-0.3, -0.25) is 4.79 Å². The molecule has 24 heavy (non-hydrogen) atoms. The van der Waals surface area contributed by atoms with Crippen LogP contribution in [-0.2, 0) is 23.1 Å². The van der Waals surface area contributed by atoms with Crippen molar-refractivity contribution in [3.05, 3.63) is 59.7 Å². The van der Waals surface area contributed by atoms with E-state index in [9.17, 15) is 13.2 Å². The topological polar surface area (TPSA) is 101 Å². The summed E-state index contributed by atoms with van der Waals surface area (Å²) in [5, 5.41) is 2.30.